The summed E-state index contributed by atoms with van der Waals surface area (Å²) in [7, 11) is 0. The molecule has 8 nitrogen and oxygen atoms in total. The summed E-state index contributed by atoms with van der Waals surface area (Å²) in [6, 6.07) is 6.97. The second kappa shape index (κ2) is 7.76. The van der Waals surface area contributed by atoms with Crippen molar-refractivity contribution in [2.24, 2.45) is 11.5 Å². The molecular weight excluding hydrogens is 390 g/mol. The van der Waals surface area contributed by atoms with Gasteiger partial charge in [0.2, 0.25) is 16.9 Å². The van der Waals surface area contributed by atoms with Gasteiger partial charge >= 0.3 is 0 Å². The van der Waals surface area contributed by atoms with Crippen molar-refractivity contribution in [2.75, 3.05) is 31.2 Å². The number of amides is 2. The third-order valence-electron chi connectivity index (χ3n) is 5.20. The van der Waals surface area contributed by atoms with Crippen LogP contribution in [0.4, 0.5) is 5.13 Å². The average Bonchev–Trinajstić information content (AvgIpc) is 3.25. The zero-order chi connectivity index (χ0) is 20.4. The van der Waals surface area contributed by atoms with Crippen molar-refractivity contribution in [3.63, 3.8) is 0 Å². The van der Waals surface area contributed by atoms with Crippen molar-refractivity contribution < 1.29 is 14.3 Å². The van der Waals surface area contributed by atoms with E-state index in [4.69, 9.17) is 16.2 Å². The second-order valence-corrected chi connectivity index (χ2v) is 7.95. The molecule has 2 aliphatic rings. The maximum absolute atomic E-state index is 12.6. The molecule has 150 valence electrons. The molecule has 0 spiro atoms. The molecule has 1 atom stereocenters. The first-order valence-corrected chi connectivity index (χ1v) is 10.1. The third-order valence-corrected chi connectivity index (χ3v) is 6.37. The molecule has 2 amide bonds. The summed E-state index contributed by atoms with van der Waals surface area (Å²) in [5, 5.41) is 9.95. The molecule has 2 heterocycles. The number of carbonyl (C=O) groups is 2. The fourth-order valence-electron chi connectivity index (χ4n) is 3.49. The van der Waals surface area contributed by atoms with Gasteiger partial charge in [0.25, 0.3) is 0 Å². The van der Waals surface area contributed by atoms with E-state index in [-0.39, 0.29) is 0 Å². The van der Waals surface area contributed by atoms with E-state index in [1.807, 2.05) is 24.3 Å². The topological polar surface area (TPSA) is 124 Å². The summed E-state index contributed by atoms with van der Waals surface area (Å²) < 4.78 is 5.38. The molecule has 0 saturated carbocycles. The van der Waals surface area contributed by atoms with Crippen LogP contribution >= 0.6 is 11.3 Å². The Balaban J connectivity index is 1.63. The lowest BCUT2D eigenvalue weighted by atomic mass is 9.76. The van der Waals surface area contributed by atoms with Crippen LogP contribution in [0.1, 0.15) is 27.3 Å². The number of morpholine rings is 1. The normalized spacial score (nSPS) is 21.7. The predicted octanol–water partition coefficient (Wildman–Crippen LogP) is 1.24. The van der Waals surface area contributed by atoms with Gasteiger partial charge in [-0.3, -0.25) is 9.59 Å². The van der Waals surface area contributed by atoms with Crippen molar-refractivity contribution in [3.8, 4) is 0 Å². The number of primary amides is 2. The van der Waals surface area contributed by atoms with Gasteiger partial charge in [0.05, 0.1) is 13.2 Å². The van der Waals surface area contributed by atoms with Crippen molar-refractivity contribution in [3.05, 3.63) is 58.6 Å². The first-order valence-electron chi connectivity index (χ1n) is 9.25. The van der Waals surface area contributed by atoms with Crippen LogP contribution in [0, 0.1) is 0 Å². The molecule has 1 fully saturated rings. The monoisotopic (exact) mass is 411 g/mol. The van der Waals surface area contributed by atoms with Gasteiger partial charge in [0.15, 0.2) is 0 Å². The molecule has 0 radical (unpaired) electrons. The zero-order valence-electron chi connectivity index (χ0n) is 15.7. The molecule has 1 aromatic heterocycles. The molecule has 1 aromatic carbocycles. The van der Waals surface area contributed by atoms with E-state index in [0.29, 0.717) is 30.2 Å². The van der Waals surface area contributed by atoms with Gasteiger partial charge in [-0.2, -0.15) is 0 Å². The Morgan fingerprint density at radius 3 is 2.48 bits per heavy atom. The van der Waals surface area contributed by atoms with E-state index in [0.717, 1.165) is 29.4 Å². The van der Waals surface area contributed by atoms with Gasteiger partial charge in [0, 0.05) is 18.7 Å². The first kappa shape index (κ1) is 19.3. The molecule has 1 saturated heterocycles. The van der Waals surface area contributed by atoms with Crippen LogP contribution < -0.4 is 16.4 Å². The molecule has 0 bridgehead atoms. The van der Waals surface area contributed by atoms with Gasteiger partial charge < -0.3 is 21.1 Å². The molecule has 9 heteroatoms. The standard InChI is InChI=1S/C20H21N5O3S/c21-16(26)14-5-3-13(4-6-14)15-2-1-7-20(12-15,17(22)27)18-23-24-19(29-18)25-8-10-28-11-9-25/h1-7H,8-12H2,(H2,21,26)(H2,22,27). The highest BCUT2D eigenvalue weighted by Gasteiger charge is 2.42. The van der Waals surface area contributed by atoms with E-state index >= 15 is 0 Å². The zero-order valence-corrected chi connectivity index (χ0v) is 16.5. The highest BCUT2D eigenvalue weighted by molar-refractivity contribution is 7.15. The molecule has 29 heavy (non-hydrogen) atoms. The minimum atomic E-state index is -1.06. The van der Waals surface area contributed by atoms with Crippen LogP contribution in [0.3, 0.4) is 0 Å². The number of allylic oxidation sites excluding steroid dienone is 3. The SMILES string of the molecule is NC(=O)c1ccc(C2=CC=CC(C(N)=O)(c3nnc(N4CCOCC4)s3)C2)cc1. The van der Waals surface area contributed by atoms with Crippen molar-refractivity contribution in [2.45, 2.75) is 11.8 Å². The van der Waals surface area contributed by atoms with Crippen LogP contribution in [0.15, 0.2) is 42.5 Å². The van der Waals surface area contributed by atoms with Crippen molar-refractivity contribution >= 4 is 33.9 Å². The molecule has 4 N–H and O–H groups in total. The number of rotatable bonds is 5. The summed E-state index contributed by atoms with van der Waals surface area (Å²) >= 11 is 1.38. The fraction of sp³-hybridized carbons (Fsp3) is 0.300. The van der Waals surface area contributed by atoms with Crippen LogP contribution in [0.2, 0.25) is 0 Å². The lowest BCUT2D eigenvalue weighted by Gasteiger charge is -2.29. The van der Waals surface area contributed by atoms with Crippen molar-refractivity contribution in [1.82, 2.24) is 10.2 Å². The molecule has 1 aliphatic carbocycles. The second-order valence-electron chi connectivity index (χ2n) is 6.99. The Kier molecular flexibility index (Phi) is 5.16. The van der Waals surface area contributed by atoms with Gasteiger partial charge in [-0.15, -0.1) is 10.2 Å². The minimum absolute atomic E-state index is 0.368. The Labute approximate surface area is 171 Å². The quantitative estimate of drug-likeness (QED) is 0.763. The summed E-state index contributed by atoms with van der Waals surface area (Å²) in [6.07, 6.45) is 5.92. The Morgan fingerprint density at radius 1 is 1.10 bits per heavy atom. The van der Waals surface area contributed by atoms with E-state index in [1.165, 1.54) is 11.3 Å². The number of anilines is 1. The summed E-state index contributed by atoms with van der Waals surface area (Å²) in [6.45, 7) is 2.77. The predicted molar refractivity (Wildman–Crippen MR) is 111 cm³/mol. The number of carbonyl (C=O) groups excluding carboxylic acids is 2. The molecule has 1 unspecified atom stereocenters. The highest BCUT2D eigenvalue weighted by atomic mass is 32.1. The average molecular weight is 411 g/mol. The van der Waals surface area contributed by atoms with Gasteiger partial charge in [-0.25, -0.2) is 0 Å². The Bertz CT molecular complexity index is 992. The number of aromatic nitrogens is 2. The summed E-state index contributed by atoms with van der Waals surface area (Å²) in [5.41, 5.74) is 12.4. The van der Waals surface area contributed by atoms with Gasteiger partial charge in [-0.05, 0) is 29.7 Å². The number of nitrogens with two attached hydrogens (primary N) is 2. The number of ether oxygens (including phenoxy) is 1. The highest BCUT2D eigenvalue weighted by Crippen LogP contribution is 2.41. The van der Waals surface area contributed by atoms with E-state index in [9.17, 15) is 9.59 Å². The molecule has 4 rings (SSSR count). The molecular formula is C20H21N5O3S. The number of nitrogens with zero attached hydrogens (tertiary/aromatic N) is 3. The Morgan fingerprint density at radius 2 is 1.83 bits per heavy atom. The van der Waals surface area contributed by atoms with E-state index in [1.54, 1.807) is 18.2 Å². The van der Waals surface area contributed by atoms with Crippen LogP contribution in [0.5, 0.6) is 0 Å². The first-order chi connectivity index (χ1) is 14.0. The lowest BCUT2D eigenvalue weighted by molar-refractivity contribution is -0.121. The minimum Gasteiger partial charge on any atom is -0.378 e. The largest absolute Gasteiger partial charge is 0.378 e. The summed E-state index contributed by atoms with van der Waals surface area (Å²) in [4.78, 5) is 26.0. The van der Waals surface area contributed by atoms with Gasteiger partial charge in [0.1, 0.15) is 10.4 Å². The van der Waals surface area contributed by atoms with Crippen molar-refractivity contribution in [1.29, 1.82) is 0 Å². The smallest absolute Gasteiger partial charge is 0.248 e. The molecule has 2 aromatic rings. The lowest BCUT2D eigenvalue weighted by Crippen LogP contribution is -2.40. The van der Waals surface area contributed by atoms with E-state index < -0.39 is 17.2 Å². The maximum atomic E-state index is 12.6. The fourth-order valence-corrected chi connectivity index (χ4v) is 4.56. The van der Waals surface area contributed by atoms with Crippen LogP contribution in [-0.4, -0.2) is 48.3 Å². The van der Waals surface area contributed by atoms with Crippen LogP contribution in [-0.2, 0) is 14.9 Å². The number of hydrogen-bond acceptors (Lipinski definition) is 7. The van der Waals surface area contributed by atoms with Gasteiger partial charge in [-0.1, -0.05) is 41.7 Å². The van der Waals surface area contributed by atoms with Crippen LogP contribution in [0.25, 0.3) is 5.57 Å². The maximum Gasteiger partial charge on any atom is 0.248 e. The number of hydrogen-bond donors (Lipinski definition) is 2. The van der Waals surface area contributed by atoms with E-state index in [2.05, 4.69) is 15.1 Å². The number of benzene rings is 1. The molecule has 1 aliphatic heterocycles. The summed E-state index contributed by atoms with van der Waals surface area (Å²) in [5.74, 6) is -0.956. The third kappa shape index (κ3) is 3.66. The Hall–Kier alpha value is -3.04.